The highest BCUT2D eigenvalue weighted by Crippen LogP contribution is 2.64. The van der Waals surface area contributed by atoms with E-state index in [9.17, 15) is 39.6 Å². The molecule has 4 atom stereocenters. The maximum atomic E-state index is 12.9. The van der Waals surface area contributed by atoms with Gasteiger partial charge in [0.15, 0.2) is 5.75 Å². The lowest BCUT2D eigenvalue weighted by Crippen LogP contribution is -2.81. The van der Waals surface area contributed by atoms with Crippen molar-refractivity contribution in [2.75, 3.05) is 5.73 Å². The van der Waals surface area contributed by atoms with E-state index in [-0.39, 0.29) is 18.8 Å². The Morgan fingerprint density at radius 2 is 1.83 bits per heavy atom. The molecule has 1 unspecified atom stereocenters. The van der Waals surface area contributed by atoms with Gasteiger partial charge in [0, 0.05) is 23.4 Å². The number of piperidine rings is 1. The van der Waals surface area contributed by atoms with E-state index >= 15 is 0 Å². The van der Waals surface area contributed by atoms with E-state index in [2.05, 4.69) is 4.18 Å². The molecular formula is C16H14F6N2O4S. The SMILES string of the molecule is C[C@@]12CC3[C@H]1[C@@H](Cc1cc(N)c(OS(=O)(=O)C(F)(F)F)cc12)N3C(=O)C(F)(F)F. The molecule has 1 saturated carbocycles. The Hall–Kier alpha value is -2.18. The number of hydrogen-bond acceptors (Lipinski definition) is 5. The summed E-state index contributed by atoms with van der Waals surface area (Å²) in [5.41, 5.74) is -0.209. The Bertz CT molecular complexity index is 1020. The zero-order chi connectivity index (χ0) is 21.7. The van der Waals surface area contributed by atoms with Gasteiger partial charge in [-0.3, -0.25) is 4.79 Å². The van der Waals surface area contributed by atoms with Crippen LogP contribution in [-0.4, -0.2) is 43.0 Å². The number of nitrogens with zero attached hydrogens (tertiary/aromatic N) is 1. The van der Waals surface area contributed by atoms with Crippen LogP contribution in [-0.2, 0) is 26.7 Å². The first-order valence-corrected chi connectivity index (χ1v) is 9.82. The van der Waals surface area contributed by atoms with E-state index in [1.807, 2.05) is 0 Å². The summed E-state index contributed by atoms with van der Waals surface area (Å²) in [6.45, 7) is 1.72. The van der Waals surface area contributed by atoms with E-state index in [0.29, 0.717) is 11.1 Å². The van der Waals surface area contributed by atoms with Gasteiger partial charge in [0.25, 0.3) is 0 Å². The number of anilines is 1. The second kappa shape index (κ2) is 5.49. The van der Waals surface area contributed by atoms with Crippen LogP contribution in [0, 0.1) is 5.92 Å². The van der Waals surface area contributed by atoms with Crippen LogP contribution in [0.2, 0.25) is 0 Å². The van der Waals surface area contributed by atoms with Crippen molar-refractivity contribution in [2.24, 2.45) is 5.92 Å². The highest BCUT2D eigenvalue weighted by molar-refractivity contribution is 7.88. The van der Waals surface area contributed by atoms with Crippen LogP contribution in [0.4, 0.5) is 32.0 Å². The number of alkyl halides is 6. The third kappa shape index (κ3) is 2.62. The van der Waals surface area contributed by atoms with Gasteiger partial charge in [0.1, 0.15) is 0 Å². The molecule has 1 heterocycles. The van der Waals surface area contributed by atoms with Crippen molar-refractivity contribution in [3.05, 3.63) is 23.3 Å². The van der Waals surface area contributed by atoms with E-state index in [0.717, 1.165) is 11.0 Å². The third-order valence-electron chi connectivity index (χ3n) is 6.15. The zero-order valence-corrected chi connectivity index (χ0v) is 15.5. The number of halogens is 6. The number of amides is 1. The number of hydrogen-bond donors (Lipinski definition) is 1. The van der Waals surface area contributed by atoms with Gasteiger partial charge >= 0.3 is 27.7 Å². The van der Waals surface area contributed by atoms with Crippen molar-refractivity contribution >= 4 is 21.7 Å². The maximum Gasteiger partial charge on any atom is 0.534 e. The number of rotatable bonds is 2. The van der Waals surface area contributed by atoms with Crippen LogP contribution >= 0.6 is 0 Å². The van der Waals surface area contributed by atoms with E-state index in [1.165, 1.54) is 6.07 Å². The van der Waals surface area contributed by atoms with Crippen molar-refractivity contribution in [1.29, 1.82) is 0 Å². The summed E-state index contributed by atoms with van der Waals surface area (Å²) in [7, 11) is -5.93. The summed E-state index contributed by atoms with van der Waals surface area (Å²) in [4.78, 5) is 12.5. The predicted octanol–water partition coefficient (Wildman–Crippen LogP) is 2.47. The molecule has 29 heavy (non-hydrogen) atoms. The van der Waals surface area contributed by atoms with Gasteiger partial charge in [-0.1, -0.05) is 6.92 Å². The lowest BCUT2D eigenvalue weighted by Gasteiger charge is -2.72. The Morgan fingerprint density at radius 1 is 1.21 bits per heavy atom. The first-order chi connectivity index (χ1) is 13.1. The lowest BCUT2D eigenvalue weighted by atomic mass is 9.43. The van der Waals surface area contributed by atoms with Crippen LogP contribution in [0.1, 0.15) is 24.5 Å². The second-order valence-electron chi connectivity index (χ2n) is 7.73. The Labute approximate surface area is 160 Å². The number of fused-ring (bicyclic) bond motifs is 2. The van der Waals surface area contributed by atoms with E-state index in [1.54, 1.807) is 6.92 Å². The van der Waals surface area contributed by atoms with Gasteiger partial charge in [-0.05, 0) is 36.1 Å². The number of nitrogens with two attached hydrogens (primary N) is 1. The van der Waals surface area contributed by atoms with Crippen LogP contribution < -0.4 is 9.92 Å². The molecule has 2 N–H and O–H groups in total. The van der Waals surface area contributed by atoms with Crippen LogP contribution in [0.3, 0.4) is 0 Å². The predicted molar refractivity (Wildman–Crippen MR) is 86.1 cm³/mol. The number of nitrogen functional groups attached to an aromatic ring is 1. The number of likely N-dealkylation sites (tertiary alicyclic amines) is 1. The summed E-state index contributed by atoms with van der Waals surface area (Å²) in [6, 6.07) is 0.979. The average Bonchev–Trinajstić information content (AvgIpc) is 2.51. The quantitative estimate of drug-likeness (QED) is 0.328. The molecule has 1 aliphatic heterocycles. The fourth-order valence-corrected chi connectivity index (χ4v) is 5.48. The van der Waals surface area contributed by atoms with Crippen LogP contribution in [0.5, 0.6) is 5.75 Å². The first-order valence-electron chi connectivity index (χ1n) is 8.41. The first kappa shape index (κ1) is 20.1. The van der Waals surface area contributed by atoms with E-state index < -0.39 is 56.6 Å². The molecule has 0 aromatic heterocycles. The van der Waals surface area contributed by atoms with Crippen molar-refractivity contribution in [3.63, 3.8) is 0 Å². The molecule has 2 fully saturated rings. The number of carbonyl (C=O) groups excluding carboxylic acids is 1. The molecule has 0 spiro atoms. The molecule has 4 rings (SSSR count). The fraction of sp³-hybridized carbons (Fsp3) is 0.562. The largest absolute Gasteiger partial charge is 0.534 e. The molecule has 3 aliphatic rings. The van der Waals surface area contributed by atoms with Gasteiger partial charge in [-0.2, -0.15) is 34.8 Å². The van der Waals surface area contributed by atoms with Crippen molar-refractivity contribution in [2.45, 2.75) is 48.9 Å². The topological polar surface area (TPSA) is 89.7 Å². The van der Waals surface area contributed by atoms with Crippen LogP contribution in [0.15, 0.2) is 12.1 Å². The van der Waals surface area contributed by atoms with Crippen LogP contribution in [0.25, 0.3) is 0 Å². The summed E-state index contributed by atoms with van der Waals surface area (Å²) >= 11 is 0. The van der Waals surface area contributed by atoms with Gasteiger partial charge in [-0.25, -0.2) is 0 Å². The van der Waals surface area contributed by atoms with Gasteiger partial charge in [0.05, 0.1) is 5.69 Å². The summed E-state index contributed by atoms with van der Waals surface area (Å²) in [5.74, 6) is -2.91. The van der Waals surface area contributed by atoms with Crippen molar-refractivity contribution in [1.82, 2.24) is 4.90 Å². The Kier molecular flexibility index (Phi) is 3.81. The van der Waals surface area contributed by atoms with Gasteiger partial charge in [-0.15, -0.1) is 0 Å². The minimum atomic E-state index is -5.93. The molecule has 2 aliphatic carbocycles. The van der Waals surface area contributed by atoms with Crippen molar-refractivity contribution < 1.29 is 43.7 Å². The molecule has 0 bridgehead atoms. The fourth-order valence-electron chi connectivity index (χ4n) is 5.00. The standard InChI is InChI=1S/C16H14F6N2O4S/c1-14-5-10-12(14)9(24(10)13(25)15(17,18)19)3-6-2-8(23)11(4-7(6)14)28-29(26,27)16(20,21)22/h2,4,9-10,12H,3,5,23H2,1H3/t9-,10?,12-,14+/m1/s1. The second-order valence-corrected chi connectivity index (χ2v) is 9.26. The molecule has 1 saturated heterocycles. The van der Waals surface area contributed by atoms with Crippen molar-refractivity contribution in [3.8, 4) is 5.75 Å². The molecule has 160 valence electrons. The molecule has 1 amide bonds. The average molecular weight is 444 g/mol. The molecular weight excluding hydrogens is 430 g/mol. The number of carbonyl (C=O) groups is 1. The molecule has 0 radical (unpaired) electrons. The monoisotopic (exact) mass is 444 g/mol. The molecule has 6 nitrogen and oxygen atoms in total. The molecule has 1 aromatic carbocycles. The Morgan fingerprint density at radius 3 is 2.38 bits per heavy atom. The van der Waals surface area contributed by atoms with E-state index in [4.69, 9.17) is 5.73 Å². The minimum Gasteiger partial charge on any atom is -0.396 e. The van der Waals surface area contributed by atoms with Gasteiger partial charge < -0.3 is 14.8 Å². The number of benzene rings is 1. The highest BCUT2D eigenvalue weighted by atomic mass is 32.2. The smallest absolute Gasteiger partial charge is 0.396 e. The zero-order valence-electron chi connectivity index (χ0n) is 14.6. The maximum absolute atomic E-state index is 12.9. The highest BCUT2D eigenvalue weighted by Gasteiger charge is 2.71. The summed E-state index contributed by atoms with van der Waals surface area (Å²) in [6.07, 6.45) is -4.80. The summed E-state index contributed by atoms with van der Waals surface area (Å²) in [5, 5.41) is 0. The Balaban J connectivity index is 1.69. The molecule has 1 aromatic rings. The third-order valence-corrected chi connectivity index (χ3v) is 7.12. The lowest BCUT2D eigenvalue weighted by molar-refractivity contribution is -0.231. The minimum absolute atomic E-state index is 0.0322. The normalized spacial score (nSPS) is 30.6. The van der Waals surface area contributed by atoms with Gasteiger partial charge in [0.2, 0.25) is 0 Å². The summed E-state index contributed by atoms with van der Waals surface area (Å²) < 4.78 is 103. The molecule has 13 heteroatoms.